The predicted octanol–water partition coefficient (Wildman–Crippen LogP) is 1.20. The zero-order valence-electron chi connectivity index (χ0n) is 11.3. The van der Waals surface area contributed by atoms with Crippen molar-refractivity contribution in [2.75, 3.05) is 13.6 Å². The van der Waals surface area contributed by atoms with Gasteiger partial charge < -0.3 is 9.64 Å². The second-order valence-electron chi connectivity index (χ2n) is 4.84. The number of ether oxygens (including phenoxy) is 1. The molecule has 0 bridgehead atoms. The van der Waals surface area contributed by atoms with Crippen LogP contribution in [0.15, 0.2) is 36.8 Å². The highest BCUT2D eigenvalue weighted by Gasteiger charge is 2.27. The van der Waals surface area contributed by atoms with E-state index in [2.05, 4.69) is 10.1 Å². The maximum atomic E-state index is 12.2. The topological polar surface area (TPSA) is 60.3 Å². The smallest absolute Gasteiger partial charge is 0.259 e. The third-order valence-corrected chi connectivity index (χ3v) is 3.34. The molecule has 0 aliphatic carbocycles. The van der Waals surface area contributed by atoms with Gasteiger partial charge in [0.25, 0.3) is 5.91 Å². The minimum atomic E-state index is -0.0794. The molecule has 0 saturated heterocycles. The zero-order valence-corrected chi connectivity index (χ0v) is 11.3. The first-order valence-corrected chi connectivity index (χ1v) is 6.58. The summed E-state index contributed by atoms with van der Waals surface area (Å²) in [6.45, 7) is 1.30. The van der Waals surface area contributed by atoms with Gasteiger partial charge in [0.15, 0.2) is 0 Å². The molecule has 6 nitrogen and oxygen atoms in total. The monoisotopic (exact) mass is 272 g/mol. The Kier molecular flexibility index (Phi) is 3.37. The van der Waals surface area contributed by atoms with Crippen LogP contribution < -0.4 is 4.74 Å². The number of carbonyl (C=O) groups is 1. The fraction of sp³-hybridized carbons (Fsp3) is 0.357. The van der Waals surface area contributed by atoms with E-state index in [1.165, 1.54) is 0 Å². The average molecular weight is 272 g/mol. The van der Waals surface area contributed by atoms with Crippen LogP contribution in [0.2, 0.25) is 0 Å². The van der Waals surface area contributed by atoms with Gasteiger partial charge in [0.1, 0.15) is 11.7 Å². The summed E-state index contributed by atoms with van der Waals surface area (Å²) in [5, 5.41) is 4.17. The van der Waals surface area contributed by atoms with E-state index in [1.54, 1.807) is 36.5 Å². The molecule has 1 amide bonds. The summed E-state index contributed by atoms with van der Waals surface area (Å²) in [4.78, 5) is 18.1. The van der Waals surface area contributed by atoms with E-state index in [0.29, 0.717) is 18.0 Å². The van der Waals surface area contributed by atoms with Crippen LogP contribution in [0, 0.1) is 0 Å². The van der Waals surface area contributed by atoms with Crippen LogP contribution in [0.4, 0.5) is 0 Å². The lowest BCUT2D eigenvalue weighted by molar-refractivity contribution is 0.0750. The molecule has 1 aliphatic heterocycles. The van der Waals surface area contributed by atoms with E-state index in [-0.39, 0.29) is 12.0 Å². The minimum absolute atomic E-state index is 0.0466. The highest BCUT2D eigenvalue weighted by Crippen LogP contribution is 2.22. The SMILES string of the molecule is CN1CC(CCn2cccn2)Oc2ncccc2C1=O. The molecular formula is C14H16N4O2. The average Bonchev–Trinajstić information content (AvgIpc) is 2.94. The van der Waals surface area contributed by atoms with E-state index in [0.717, 1.165) is 13.0 Å². The number of aromatic nitrogens is 3. The number of likely N-dealkylation sites (N-methyl/N-ethyl adjacent to an activating group) is 1. The second-order valence-corrected chi connectivity index (χ2v) is 4.84. The van der Waals surface area contributed by atoms with Gasteiger partial charge in [0.05, 0.1) is 6.54 Å². The number of hydrogen-bond acceptors (Lipinski definition) is 4. The van der Waals surface area contributed by atoms with Crippen molar-refractivity contribution < 1.29 is 9.53 Å². The molecule has 2 aromatic heterocycles. The summed E-state index contributed by atoms with van der Waals surface area (Å²) in [6, 6.07) is 5.38. The Labute approximate surface area is 117 Å². The third kappa shape index (κ3) is 2.49. The normalized spacial score (nSPS) is 18.4. The third-order valence-electron chi connectivity index (χ3n) is 3.34. The van der Waals surface area contributed by atoms with Crippen LogP contribution in [0.5, 0.6) is 5.88 Å². The van der Waals surface area contributed by atoms with E-state index >= 15 is 0 Å². The summed E-state index contributed by atoms with van der Waals surface area (Å²) in [6.07, 6.45) is 6.00. The maximum Gasteiger partial charge on any atom is 0.259 e. The molecule has 20 heavy (non-hydrogen) atoms. The van der Waals surface area contributed by atoms with Gasteiger partial charge in [-0.15, -0.1) is 0 Å². The molecule has 0 fully saturated rings. The molecule has 2 aromatic rings. The molecule has 6 heteroatoms. The molecule has 3 heterocycles. The van der Waals surface area contributed by atoms with Gasteiger partial charge in [-0.3, -0.25) is 9.48 Å². The van der Waals surface area contributed by atoms with Crippen LogP contribution in [0.1, 0.15) is 16.8 Å². The first-order chi connectivity index (χ1) is 9.74. The van der Waals surface area contributed by atoms with Crippen LogP contribution >= 0.6 is 0 Å². The van der Waals surface area contributed by atoms with Gasteiger partial charge in [0.2, 0.25) is 5.88 Å². The van der Waals surface area contributed by atoms with Crippen molar-refractivity contribution in [1.29, 1.82) is 0 Å². The maximum absolute atomic E-state index is 12.2. The van der Waals surface area contributed by atoms with E-state index in [4.69, 9.17) is 4.74 Å². The molecule has 1 unspecified atom stereocenters. The number of pyridine rings is 1. The number of nitrogens with zero attached hydrogens (tertiary/aromatic N) is 4. The second kappa shape index (κ2) is 5.32. The van der Waals surface area contributed by atoms with Gasteiger partial charge in [-0.05, 0) is 18.2 Å². The number of aryl methyl sites for hydroxylation is 1. The van der Waals surface area contributed by atoms with Crippen molar-refractivity contribution in [2.45, 2.75) is 19.1 Å². The Morgan fingerprint density at radius 2 is 2.30 bits per heavy atom. The van der Waals surface area contributed by atoms with Crippen LogP contribution in [-0.4, -0.2) is 45.3 Å². The number of carbonyl (C=O) groups excluding carboxylic acids is 1. The summed E-state index contributed by atoms with van der Waals surface area (Å²) in [5.74, 6) is 0.377. The lowest BCUT2D eigenvalue weighted by atomic mass is 10.2. The molecule has 0 N–H and O–H groups in total. The van der Waals surface area contributed by atoms with Gasteiger partial charge in [-0.1, -0.05) is 0 Å². The Morgan fingerprint density at radius 1 is 1.40 bits per heavy atom. The molecule has 1 atom stereocenters. The Balaban J connectivity index is 1.76. The first-order valence-electron chi connectivity index (χ1n) is 6.58. The largest absolute Gasteiger partial charge is 0.472 e. The van der Waals surface area contributed by atoms with E-state index < -0.39 is 0 Å². The lowest BCUT2D eigenvalue weighted by Gasteiger charge is -2.20. The Bertz CT molecular complexity index is 597. The molecule has 1 aliphatic rings. The van der Waals surface area contributed by atoms with E-state index in [9.17, 15) is 4.79 Å². The first kappa shape index (κ1) is 12.7. The molecule has 104 valence electrons. The zero-order chi connectivity index (χ0) is 13.9. The standard InChI is InChI=1S/C14H16N4O2/c1-17-10-11(5-9-18-8-3-7-16-18)20-13-12(14(17)19)4-2-6-15-13/h2-4,6-8,11H,5,9-10H2,1H3. The number of rotatable bonds is 3. The van der Waals surface area contributed by atoms with Gasteiger partial charge in [-0.25, -0.2) is 4.98 Å². The summed E-state index contributed by atoms with van der Waals surface area (Å²) < 4.78 is 7.74. The molecule has 0 aromatic carbocycles. The molecule has 3 rings (SSSR count). The Morgan fingerprint density at radius 3 is 3.10 bits per heavy atom. The molecule has 0 radical (unpaired) electrons. The number of fused-ring (bicyclic) bond motifs is 1. The van der Waals surface area contributed by atoms with Crippen molar-refractivity contribution in [1.82, 2.24) is 19.7 Å². The van der Waals surface area contributed by atoms with Crippen LogP contribution in [0.25, 0.3) is 0 Å². The quantitative estimate of drug-likeness (QED) is 0.842. The minimum Gasteiger partial charge on any atom is -0.472 e. The number of hydrogen-bond donors (Lipinski definition) is 0. The summed E-state index contributed by atoms with van der Waals surface area (Å²) >= 11 is 0. The van der Waals surface area contributed by atoms with Gasteiger partial charge >= 0.3 is 0 Å². The van der Waals surface area contributed by atoms with Crippen molar-refractivity contribution in [3.05, 3.63) is 42.4 Å². The van der Waals surface area contributed by atoms with Crippen molar-refractivity contribution in [2.24, 2.45) is 0 Å². The summed E-state index contributed by atoms with van der Waals surface area (Å²) in [7, 11) is 1.79. The molecule has 0 spiro atoms. The van der Waals surface area contributed by atoms with Crippen molar-refractivity contribution in [3.63, 3.8) is 0 Å². The molecular weight excluding hydrogens is 256 g/mol. The van der Waals surface area contributed by atoms with Crippen LogP contribution in [-0.2, 0) is 6.54 Å². The van der Waals surface area contributed by atoms with Gasteiger partial charge in [-0.2, -0.15) is 5.10 Å². The predicted molar refractivity (Wildman–Crippen MR) is 72.5 cm³/mol. The van der Waals surface area contributed by atoms with Crippen molar-refractivity contribution in [3.8, 4) is 5.88 Å². The molecule has 0 saturated carbocycles. The van der Waals surface area contributed by atoms with E-state index in [1.807, 2.05) is 16.9 Å². The highest BCUT2D eigenvalue weighted by atomic mass is 16.5. The Hall–Kier alpha value is -2.37. The summed E-state index contributed by atoms with van der Waals surface area (Å²) in [5.41, 5.74) is 0.525. The fourth-order valence-corrected chi connectivity index (χ4v) is 2.30. The van der Waals surface area contributed by atoms with Gasteiger partial charge in [0, 0.05) is 38.6 Å². The van der Waals surface area contributed by atoms with Crippen LogP contribution in [0.3, 0.4) is 0 Å². The van der Waals surface area contributed by atoms with Crippen molar-refractivity contribution >= 4 is 5.91 Å². The fourth-order valence-electron chi connectivity index (χ4n) is 2.30. The highest BCUT2D eigenvalue weighted by molar-refractivity contribution is 5.96. The lowest BCUT2D eigenvalue weighted by Crippen LogP contribution is -2.34. The number of amides is 1.